The highest BCUT2D eigenvalue weighted by Crippen LogP contribution is 2.22. The van der Waals surface area contributed by atoms with Gasteiger partial charge < -0.3 is 91.2 Å². The third-order valence-corrected chi connectivity index (χ3v) is 12.7. The Kier molecular flexibility index (Phi) is 25.9. The van der Waals surface area contributed by atoms with Crippen molar-refractivity contribution < 1.29 is 82.8 Å². The molecule has 0 aliphatic carbocycles. The fourth-order valence-electron chi connectivity index (χ4n) is 8.43. The molecule has 30 nitrogen and oxygen atoms in total. The van der Waals surface area contributed by atoms with E-state index in [1.165, 1.54) is 48.5 Å². The monoisotopic (exact) mass is 1140 g/mol. The molecule has 21 N–H and O–H groups in total. The zero-order chi connectivity index (χ0) is 60.8. The lowest BCUT2D eigenvalue weighted by Gasteiger charge is -2.31. The first-order chi connectivity index (χ1) is 37.9. The van der Waals surface area contributed by atoms with Crippen molar-refractivity contribution in [3.05, 3.63) is 59.7 Å². The van der Waals surface area contributed by atoms with E-state index < -0.39 is 169 Å². The van der Waals surface area contributed by atoms with Gasteiger partial charge in [0.25, 0.3) is 0 Å². The van der Waals surface area contributed by atoms with E-state index in [0.717, 1.165) is 11.8 Å². The van der Waals surface area contributed by atoms with Crippen molar-refractivity contribution in [3.8, 4) is 11.5 Å². The number of nitrogens with two attached hydrogens (primary N) is 5. The van der Waals surface area contributed by atoms with Gasteiger partial charge in [0.1, 0.15) is 53.8 Å². The molecule has 0 aromatic heterocycles. The van der Waals surface area contributed by atoms with Gasteiger partial charge in [-0.2, -0.15) is 0 Å². The summed E-state index contributed by atoms with van der Waals surface area (Å²) in [5.41, 5.74) is 28.0. The maximum absolute atomic E-state index is 14.6. The molecule has 12 amide bonds. The van der Waals surface area contributed by atoms with E-state index in [-0.39, 0.29) is 62.5 Å². The Morgan fingerprint density at radius 2 is 0.963 bits per heavy atom. The van der Waals surface area contributed by atoms with Crippen LogP contribution in [0.1, 0.15) is 89.7 Å². The largest absolute Gasteiger partial charge is 0.508 e. The quantitative estimate of drug-likeness (QED) is 0.0317. The van der Waals surface area contributed by atoms with Gasteiger partial charge in [-0.15, -0.1) is 0 Å². The number of benzene rings is 2. The Balaban J connectivity index is 1.97. The molecule has 81 heavy (non-hydrogen) atoms. The molecule has 1 fully saturated rings. The Morgan fingerprint density at radius 3 is 1.42 bits per heavy atom. The molecule has 2 aromatic carbocycles. The van der Waals surface area contributed by atoms with Crippen LogP contribution in [0.4, 0.5) is 0 Å². The van der Waals surface area contributed by atoms with Crippen molar-refractivity contribution in [2.24, 2.45) is 34.6 Å². The molecular formula is C51H73N13O17. The van der Waals surface area contributed by atoms with E-state index in [4.69, 9.17) is 28.7 Å². The van der Waals surface area contributed by atoms with Crippen molar-refractivity contribution in [1.82, 2.24) is 42.1 Å². The molecular weight excluding hydrogens is 1070 g/mol. The molecule has 3 rings (SSSR count). The SMILES string of the molecule is CC(C)C[C@H](NC(=O)[C@@H]1CCCN1C(=O)[C@H](Cc1ccc(O)cc1)NC(=O)[C@H](CC(N)=O)NC(=O)[C@H](CC(N)=O)NC(=O)[C@H](Cc1ccc(O)cc1)NC(=O)[C@H](CCC(N)=O)NC(=O)[C@@H](N)CCC(N)=O)C(=O)N[C@H](C(=O)O)[C@@H](C)O. The minimum Gasteiger partial charge on any atom is -0.508 e. The van der Waals surface area contributed by atoms with Gasteiger partial charge in [0.2, 0.25) is 70.9 Å². The summed E-state index contributed by atoms with van der Waals surface area (Å²) in [5.74, 6) is -14.5. The topological polar surface area (TPSA) is 520 Å². The molecule has 30 heteroatoms. The fraction of sp³-hybridized carbons (Fsp3) is 0.510. The van der Waals surface area contributed by atoms with Gasteiger partial charge in [0.15, 0.2) is 6.04 Å². The molecule has 1 saturated heterocycles. The summed E-state index contributed by atoms with van der Waals surface area (Å²) < 4.78 is 0. The number of phenols is 2. The summed E-state index contributed by atoms with van der Waals surface area (Å²) in [6, 6.07) is -3.85. The summed E-state index contributed by atoms with van der Waals surface area (Å²) in [5, 5.41) is 56.0. The van der Waals surface area contributed by atoms with Crippen LogP contribution in [0.5, 0.6) is 11.5 Å². The normalized spacial score (nSPS) is 16.3. The van der Waals surface area contributed by atoms with Crippen molar-refractivity contribution in [2.45, 2.75) is 152 Å². The van der Waals surface area contributed by atoms with Crippen LogP contribution in [0.25, 0.3) is 0 Å². The lowest BCUT2D eigenvalue weighted by atomic mass is 10.0. The number of carboxylic acids is 1. The van der Waals surface area contributed by atoms with E-state index in [0.29, 0.717) is 11.1 Å². The molecule has 0 saturated carbocycles. The highest BCUT2D eigenvalue weighted by molar-refractivity contribution is 6.00. The Hall–Kier alpha value is -8.93. The number of primary amides is 4. The van der Waals surface area contributed by atoms with Crippen LogP contribution in [-0.4, -0.2) is 169 Å². The van der Waals surface area contributed by atoms with Crippen LogP contribution in [-0.2, 0) is 75.2 Å². The number of phenolic OH excluding ortho intramolecular Hbond substituents is 2. The number of carbonyl (C=O) groups excluding carboxylic acids is 12. The van der Waals surface area contributed by atoms with Crippen LogP contribution in [0, 0.1) is 5.92 Å². The Morgan fingerprint density at radius 1 is 0.543 bits per heavy atom. The first-order valence-electron chi connectivity index (χ1n) is 25.7. The minimum atomic E-state index is -1.98. The van der Waals surface area contributed by atoms with E-state index in [2.05, 4.69) is 37.2 Å². The number of rotatable bonds is 33. The second-order valence-electron chi connectivity index (χ2n) is 19.9. The van der Waals surface area contributed by atoms with Crippen LogP contribution in [0.3, 0.4) is 0 Å². The number of aliphatic hydroxyl groups is 1. The number of aliphatic carboxylic acids is 1. The third-order valence-electron chi connectivity index (χ3n) is 12.7. The summed E-state index contributed by atoms with van der Waals surface area (Å²) in [4.78, 5) is 173. The zero-order valence-electron chi connectivity index (χ0n) is 44.9. The van der Waals surface area contributed by atoms with Crippen LogP contribution >= 0.6 is 0 Å². The molecule has 1 aliphatic heterocycles. The molecule has 10 atom stereocenters. The van der Waals surface area contributed by atoms with Crippen molar-refractivity contribution in [2.75, 3.05) is 6.54 Å². The molecule has 444 valence electrons. The maximum atomic E-state index is 14.6. The molecule has 0 unspecified atom stereocenters. The van der Waals surface area contributed by atoms with E-state index in [9.17, 15) is 82.8 Å². The van der Waals surface area contributed by atoms with E-state index in [1.807, 2.05) is 0 Å². The number of carboxylic acid groups (broad SMARTS) is 1. The van der Waals surface area contributed by atoms with Gasteiger partial charge in [-0.25, -0.2) is 4.79 Å². The van der Waals surface area contributed by atoms with Gasteiger partial charge in [0, 0.05) is 32.2 Å². The van der Waals surface area contributed by atoms with Crippen molar-refractivity contribution in [3.63, 3.8) is 0 Å². The predicted molar refractivity (Wildman–Crippen MR) is 283 cm³/mol. The standard InChI is InChI=1S/C51H73N13O17/c1-24(2)19-32(48(77)63-42(25(3)65)51(80)81)61-49(78)37-5-4-18-64(37)50(79)36(21-27-8-12-29(67)13-9-27)62-47(76)35(23-41(56)71)60-46(75)34(22-40(55)70)59-45(74)33(20-26-6-10-28(66)11-7-26)58-44(73)31(15-17-39(54)69)57-43(72)30(52)14-16-38(53)68/h6-13,24-25,30-37,42,65-67H,4-5,14-23,52H2,1-3H3,(H2,53,68)(H2,54,69)(H2,55,70)(H2,56,71)(H,57,72)(H,58,73)(H,59,74)(H,60,75)(H,61,78)(H,62,76)(H,63,77)(H,80,81)/t25-,30+,31+,32+,33+,34+,35+,36+,37+,42+/m1/s1. The highest BCUT2D eigenvalue weighted by atomic mass is 16.4. The van der Waals surface area contributed by atoms with Gasteiger partial charge >= 0.3 is 5.97 Å². The fourth-order valence-corrected chi connectivity index (χ4v) is 8.43. The average Bonchev–Trinajstić information content (AvgIpc) is 3.88. The van der Waals surface area contributed by atoms with Gasteiger partial charge in [0.05, 0.1) is 25.0 Å². The number of nitrogens with zero attached hydrogens (tertiary/aromatic N) is 1. The van der Waals surface area contributed by atoms with Crippen molar-refractivity contribution >= 4 is 76.9 Å². The predicted octanol–water partition coefficient (Wildman–Crippen LogP) is -5.61. The summed E-state index contributed by atoms with van der Waals surface area (Å²) in [6.45, 7) is 4.56. The number of hydrogen-bond donors (Lipinski definition) is 16. The number of hydrogen-bond acceptors (Lipinski definition) is 17. The third kappa shape index (κ3) is 22.4. The summed E-state index contributed by atoms with van der Waals surface area (Å²) in [6.07, 6.45) is -5.23. The molecule has 2 aromatic rings. The number of likely N-dealkylation sites (tertiary alicyclic amines) is 1. The number of carbonyl (C=O) groups is 13. The minimum absolute atomic E-state index is 0.0114. The molecule has 0 spiro atoms. The molecule has 1 heterocycles. The van der Waals surface area contributed by atoms with Crippen molar-refractivity contribution in [1.29, 1.82) is 0 Å². The van der Waals surface area contributed by atoms with Gasteiger partial charge in [-0.05, 0) is 80.3 Å². The van der Waals surface area contributed by atoms with Gasteiger partial charge in [-0.3, -0.25) is 57.5 Å². The smallest absolute Gasteiger partial charge is 0.328 e. The van der Waals surface area contributed by atoms with Crippen LogP contribution < -0.4 is 65.9 Å². The number of amides is 12. The molecule has 0 radical (unpaired) electrons. The summed E-state index contributed by atoms with van der Waals surface area (Å²) >= 11 is 0. The van der Waals surface area contributed by atoms with Crippen LogP contribution in [0.2, 0.25) is 0 Å². The molecule has 1 aliphatic rings. The lowest BCUT2D eigenvalue weighted by Crippen LogP contribution is -2.61. The zero-order valence-corrected chi connectivity index (χ0v) is 44.9. The number of aliphatic hydroxyl groups excluding tert-OH is 1. The average molecular weight is 1140 g/mol. The summed E-state index contributed by atoms with van der Waals surface area (Å²) in [7, 11) is 0. The second kappa shape index (κ2) is 31.6. The number of aromatic hydroxyl groups is 2. The Labute approximate surface area is 464 Å². The van der Waals surface area contributed by atoms with E-state index >= 15 is 0 Å². The van der Waals surface area contributed by atoms with Crippen LogP contribution in [0.15, 0.2) is 48.5 Å². The van der Waals surface area contributed by atoms with Gasteiger partial charge in [-0.1, -0.05) is 38.1 Å². The second-order valence-corrected chi connectivity index (χ2v) is 19.9. The highest BCUT2D eigenvalue weighted by Gasteiger charge is 2.41. The lowest BCUT2D eigenvalue weighted by molar-refractivity contribution is -0.146. The molecule has 0 bridgehead atoms. The Bertz CT molecular complexity index is 2620. The van der Waals surface area contributed by atoms with E-state index in [1.54, 1.807) is 13.8 Å². The number of nitrogens with one attached hydrogen (secondary N) is 7. The first kappa shape index (κ1) is 66.4. The first-order valence-corrected chi connectivity index (χ1v) is 25.7. The maximum Gasteiger partial charge on any atom is 0.328 e.